The van der Waals surface area contributed by atoms with Crippen molar-refractivity contribution in [2.75, 3.05) is 14.2 Å². The molecule has 4 heteroatoms. The Balaban J connectivity index is 2.36. The number of aryl methyl sites for hydroxylation is 2. The number of hydrogen-bond donors (Lipinski definition) is 1. The third-order valence-corrected chi connectivity index (χ3v) is 3.95. The molecule has 0 saturated heterocycles. The normalized spacial score (nSPS) is 12.4. The highest BCUT2D eigenvalue weighted by Gasteiger charge is 2.16. The maximum absolute atomic E-state index is 5.29. The quantitative estimate of drug-likeness (QED) is 0.919. The highest BCUT2D eigenvalue weighted by atomic mass is 32.1. The highest BCUT2D eigenvalue weighted by Crippen LogP contribution is 2.28. The Bertz CT molecular complexity index is 536. The molecule has 0 aliphatic heterocycles. The predicted octanol–water partition coefficient (Wildman–Crippen LogP) is 3.08. The van der Waals surface area contributed by atoms with Gasteiger partial charge in [-0.25, -0.2) is 4.98 Å². The fourth-order valence-electron chi connectivity index (χ4n) is 2.02. The van der Waals surface area contributed by atoms with E-state index in [1.54, 1.807) is 18.4 Å². The summed E-state index contributed by atoms with van der Waals surface area (Å²) in [4.78, 5) is 4.56. The minimum Gasteiger partial charge on any atom is -0.496 e. The first-order valence-electron chi connectivity index (χ1n) is 5.89. The zero-order valence-corrected chi connectivity index (χ0v) is 12.0. The van der Waals surface area contributed by atoms with Crippen LogP contribution in [-0.2, 0) is 0 Å². The third-order valence-electron chi connectivity index (χ3n) is 2.92. The van der Waals surface area contributed by atoms with Gasteiger partial charge in [0.1, 0.15) is 10.8 Å². The van der Waals surface area contributed by atoms with Gasteiger partial charge < -0.3 is 10.1 Å². The number of nitrogens with zero attached hydrogens (tertiary/aromatic N) is 1. The second kappa shape index (κ2) is 5.50. The molecule has 3 nitrogen and oxygen atoms in total. The van der Waals surface area contributed by atoms with Crippen molar-refractivity contribution >= 4 is 11.3 Å². The van der Waals surface area contributed by atoms with Crippen LogP contribution in [0.5, 0.6) is 5.75 Å². The topological polar surface area (TPSA) is 34.1 Å². The van der Waals surface area contributed by atoms with E-state index in [2.05, 4.69) is 34.7 Å². The lowest BCUT2D eigenvalue weighted by Crippen LogP contribution is -2.17. The van der Waals surface area contributed by atoms with Crippen LogP contribution in [0.4, 0.5) is 0 Å². The van der Waals surface area contributed by atoms with E-state index in [0.717, 1.165) is 22.0 Å². The number of methoxy groups -OCH3 is 1. The van der Waals surface area contributed by atoms with Gasteiger partial charge in [-0.15, -0.1) is 11.3 Å². The van der Waals surface area contributed by atoms with E-state index in [1.165, 1.54) is 5.56 Å². The fraction of sp³-hybridized carbons (Fsp3) is 0.357. The summed E-state index contributed by atoms with van der Waals surface area (Å²) in [6.45, 7) is 4.08. The zero-order valence-electron chi connectivity index (χ0n) is 11.2. The second-order valence-electron chi connectivity index (χ2n) is 4.28. The molecule has 2 rings (SSSR count). The van der Waals surface area contributed by atoms with Gasteiger partial charge >= 0.3 is 0 Å². The van der Waals surface area contributed by atoms with E-state index >= 15 is 0 Å². The van der Waals surface area contributed by atoms with E-state index < -0.39 is 0 Å². The van der Waals surface area contributed by atoms with E-state index in [9.17, 15) is 0 Å². The Kier molecular flexibility index (Phi) is 3.99. The first kappa shape index (κ1) is 13.1. The van der Waals surface area contributed by atoms with Crippen molar-refractivity contribution in [1.29, 1.82) is 0 Å². The molecule has 0 aliphatic carbocycles. The maximum Gasteiger partial charge on any atom is 0.121 e. The van der Waals surface area contributed by atoms with Gasteiger partial charge in [0.05, 0.1) is 13.2 Å². The lowest BCUT2D eigenvalue weighted by molar-refractivity contribution is 0.411. The summed E-state index contributed by atoms with van der Waals surface area (Å²) >= 11 is 1.69. The van der Waals surface area contributed by atoms with Crippen molar-refractivity contribution in [3.05, 3.63) is 45.4 Å². The monoisotopic (exact) mass is 262 g/mol. The molecule has 0 bridgehead atoms. The molecule has 18 heavy (non-hydrogen) atoms. The molecule has 1 aromatic heterocycles. The molecule has 1 N–H and O–H groups in total. The van der Waals surface area contributed by atoms with Crippen LogP contribution in [-0.4, -0.2) is 19.1 Å². The average Bonchev–Trinajstić information content (AvgIpc) is 2.77. The van der Waals surface area contributed by atoms with Crippen LogP contribution in [0, 0.1) is 13.8 Å². The standard InChI is InChI=1S/C14H18N2OS/c1-9-7-11(5-6-12(9)17-4)13(15-3)14-16-10(2)8-18-14/h5-8,13,15H,1-4H3. The van der Waals surface area contributed by atoms with Crippen molar-refractivity contribution < 1.29 is 4.74 Å². The lowest BCUT2D eigenvalue weighted by atomic mass is 10.0. The van der Waals surface area contributed by atoms with Crippen molar-refractivity contribution in [2.24, 2.45) is 0 Å². The summed E-state index contributed by atoms with van der Waals surface area (Å²) in [7, 11) is 3.66. The number of hydrogen-bond acceptors (Lipinski definition) is 4. The number of thiazole rings is 1. The second-order valence-corrected chi connectivity index (χ2v) is 5.17. The summed E-state index contributed by atoms with van der Waals surface area (Å²) in [5, 5.41) is 6.50. The van der Waals surface area contributed by atoms with Crippen LogP contribution in [0.1, 0.15) is 27.9 Å². The van der Waals surface area contributed by atoms with Crippen molar-refractivity contribution in [3.8, 4) is 5.75 Å². The Morgan fingerprint density at radius 3 is 2.61 bits per heavy atom. The number of nitrogens with one attached hydrogen (secondary N) is 1. The molecule has 0 fully saturated rings. The van der Waals surface area contributed by atoms with E-state index in [-0.39, 0.29) is 6.04 Å². The molecule has 1 atom stereocenters. The van der Waals surface area contributed by atoms with Gasteiger partial charge in [0, 0.05) is 11.1 Å². The lowest BCUT2D eigenvalue weighted by Gasteiger charge is -2.15. The molecule has 96 valence electrons. The number of aromatic nitrogens is 1. The first-order chi connectivity index (χ1) is 8.65. The zero-order chi connectivity index (χ0) is 13.1. The summed E-state index contributed by atoms with van der Waals surface area (Å²) in [6.07, 6.45) is 0. The molecule has 0 radical (unpaired) electrons. The third kappa shape index (κ3) is 2.54. The molecule has 0 saturated carbocycles. The Morgan fingerprint density at radius 2 is 2.11 bits per heavy atom. The van der Waals surface area contributed by atoms with E-state index in [1.807, 2.05) is 20.0 Å². The van der Waals surface area contributed by atoms with Gasteiger partial charge in [-0.05, 0) is 38.1 Å². The SMILES string of the molecule is CNC(c1ccc(OC)c(C)c1)c1nc(C)cs1. The Labute approximate surface area is 112 Å². The van der Waals surface area contributed by atoms with E-state index in [0.29, 0.717) is 0 Å². The maximum atomic E-state index is 5.29. The van der Waals surface area contributed by atoms with Crippen LogP contribution in [0.3, 0.4) is 0 Å². The summed E-state index contributed by atoms with van der Waals surface area (Å²) in [5.74, 6) is 0.920. The van der Waals surface area contributed by atoms with E-state index in [4.69, 9.17) is 4.74 Å². The van der Waals surface area contributed by atoms with Crippen LogP contribution < -0.4 is 10.1 Å². The molecule has 0 spiro atoms. The Hall–Kier alpha value is -1.39. The van der Waals surface area contributed by atoms with Crippen LogP contribution >= 0.6 is 11.3 Å². The van der Waals surface area contributed by atoms with Gasteiger partial charge in [-0.1, -0.05) is 12.1 Å². The van der Waals surface area contributed by atoms with Crippen molar-refractivity contribution in [2.45, 2.75) is 19.9 Å². The molecule has 1 heterocycles. The van der Waals surface area contributed by atoms with Gasteiger partial charge in [-0.2, -0.15) is 0 Å². The van der Waals surface area contributed by atoms with Gasteiger partial charge in [-0.3, -0.25) is 0 Å². The van der Waals surface area contributed by atoms with Crippen LogP contribution in [0.2, 0.25) is 0 Å². The van der Waals surface area contributed by atoms with Crippen molar-refractivity contribution in [1.82, 2.24) is 10.3 Å². The fourth-order valence-corrected chi connectivity index (χ4v) is 2.95. The molecule has 1 aromatic carbocycles. The molecular weight excluding hydrogens is 244 g/mol. The van der Waals surface area contributed by atoms with Gasteiger partial charge in [0.2, 0.25) is 0 Å². The average molecular weight is 262 g/mol. The van der Waals surface area contributed by atoms with Crippen LogP contribution in [0.15, 0.2) is 23.6 Å². The molecule has 0 amide bonds. The van der Waals surface area contributed by atoms with Crippen molar-refractivity contribution in [3.63, 3.8) is 0 Å². The first-order valence-corrected chi connectivity index (χ1v) is 6.77. The largest absolute Gasteiger partial charge is 0.496 e. The summed E-state index contributed by atoms with van der Waals surface area (Å²) in [6, 6.07) is 6.39. The van der Waals surface area contributed by atoms with Crippen LogP contribution in [0.25, 0.3) is 0 Å². The Morgan fingerprint density at radius 1 is 1.33 bits per heavy atom. The number of benzene rings is 1. The number of ether oxygens (including phenoxy) is 1. The molecule has 1 unspecified atom stereocenters. The van der Waals surface area contributed by atoms with Gasteiger partial charge in [0.25, 0.3) is 0 Å². The number of rotatable bonds is 4. The minimum atomic E-state index is 0.147. The smallest absolute Gasteiger partial charge is 0.121 e. The predicted molar refractivity (Wildman–Crippen MR) is 75.5 cm³/mol. The molecule has 0 aliphatic rings. The summed E-state index contributed by atoms with van der Waals surface area (Å²) < 4.78 is 5.29. The molecular formula is C14H18N2OS. The van der Waals surface area contributed by atoms with Gasteiger partial charge in [0.15, 0.2) is 0 Å². The summed E-state index contributed by atoms with van der Waals surface area (Å²) in [5.41, 5.74) is 3.43. The molecule has 2 aromatic rings. The highest BCUT2D eigenvalue weighted by molar-refractivity contribution is 7.09. The minimum absolute atomic E-state index is 0.147.